The van der Waals surface area contributed by atoms with Gasteiger partial charge in [-0.15, -0.1) is 22.9 Å². The van der Waals surface area contributed by atoms with E-state index in [1.807, 2.05) is 11.3 Å². The summed E-state index contributed by atoms with van der Waals surface area (Å²) in [5.74, 6) is 0.758. The Morgan fingerprint density at radius 1 is 1.47 bits per heavy atom. The maximum Gasteiger partial charge on any atom is 0.0598 e. The first-order valence-electron chi connectivity index (χ1n) is 6.42. The van der Waals surface area contributed by atoms with Crippen molar-refractivity contribution < 1.29 is 4.74 Å². The summed E-state index contributed by atoms with van der Waals surface area (Å²) in [5.41, 5.74) is 1.34. The van der Waals surface area contributed by atoms with E-state index >= 15 is 0 Å². The van der Waals surface area contributed by atoms with Crippen molar-refractivity contribution in [1.82, 2.24) is 0 Å². The molecular formula is C14H21ClOS. The number of hydrogen-bond donors (Lipinski definition) is 0. The van der Waals surface area contributed by atoms with Crippen LogP contribution in [0.2, 0.25) is 0 Å². The van der Waals surface area contributed by atoms with Gasteiger partial charge in [0.05, 0.1) is 11.5 Å². The van der Waals surface area contributed by atoms with Crippen molar-refractivity contribution in [3.63, 3.8) is 0 Å². The van der Waals surface area contributed by atoms with E-state index in [1.54, 1.807) is 0 Å². The molecule has 0 saturated heterocycles. The molecule has 1 aromatic rings. The smallest absolute Gasteiger partial charge is 0.0598 e. The Hall–Kier alpha value is -0.0500. The average Bonchev–Trinajstić information content (AvgIpc) is 2.54. The highest BCUT2D eigenvalue weighted by molar-refractivity contribution is 7.12. The van der Waals surface area contributed by atoms with Crippen molar-refractivity contribution in [3.8, 4) is 0 Å². The zero-order valence-corrected chi connectivity index (χ0v) is 12.4. The molecule has 1 aliphatic carbocycles. The third-order valence-corrected chi connectivity index (χ3v) is 4.95. The van der Waals surface area contributed by atoms with E-state index < -0.39 is 0 Å². The van der Waals surface area contributed by atoms with Gasteiger partial charge in [0, 0.05) is 16.4 Å². The molecule has 3 heteroatoms. The van der Waals surface area contributed by atoms with E-state index in [2.05, 4.69) is 26.8 Å². The van der Waals surface area contributed by atoms with Crippen molar-refractivity contribution in [3.05, 3.63) is 21.4 Å². The SMILES string of the molecule is CCOC1CC(CC(Cl)c2cc(C)sc2C)C1. The molecule has 1 unspecified atom stereocenters. The second-order valence-electron chi connectivity index (χ2n) is 4.99. The van der Waals surface area contributed by atoms with Crippen LogP contribution in [-0.4, -0.2) is 12.7 Å². The molecule has 0 amide bonds. The lowest BCUT2D eigenvalue weighted by Crippen LogP contribution is -2.31. The molecule has 1 saturated carbocycles. The molecule has 1 heterocycles. The molecule has 1 fully saturated rings. The number of ether oxygens (including phenoxy) is 1. The molecule has 0 radical (unpaired) electrons. The van der Waals surface area contributed by atoms with Gasteiger partial charge >= 0.3 is 0 Å². The lowest BCUT2D eigenvalue weighted by molar-refractivity contribution is -0.0267. The zero-order chi connectivity index (χ0) is 12.4. The Morgan fingerprint density at radius 2 is 2.18 bits per heavy atom. The molecule has 1 aliphatic rings. The summed E-state index contributed by atoms with van der Waals surface area (Å²) in [5, 5.41) is 0.188. The Morgan fingerprint density at radius 3 is 2.71 bits per heavy atom. The van der Waals surface area contributed by atoms with E-state index in [9.17, 15) is 0 Å². The zero-order valence-electron chi connectivity index (χ0n) is 10.8. The Bertz CT molecular complexity index is 368. The molecule has 2 rings (SSSR count). The molecule has 0 N–H and O–H groups in total. The van der Waals surface area contributed by atoms with Gasteiger partial charge in [-0.25, -0.2) is 0 Å². The molecule has 0 bridgehead atoms. The molecule has 0 aromatic carbocycles. The summed E-state index contributed by atoms with van der Waals surface area (Å²) >= 11 is 8.37. The topological polar surface area (TPSA) is 9.23 Å². The van der Waals surface area contributed by atoms with Gasteiger partial charge in [0.1, 0.15) is 0 Å². The number of aryl methyl sites for hydroxylation is 2. The largest absolute Gasteiger partial charge is 0.378 e. The fourth-order valence-corrected chi connectivity index (χ4v) is 4.15. The van der Waals surface area contributed by atoms with Crippen LogP contribution < -0.4 is 0 Å². The first-order chi connectivity index (χ1) is 8.10. The van der Waals surface area contributed by atoms with Crippen LogP contribution in [0.3, 0.4) is 0 Å². The summed E-state index contributed by atoms with van der Waals surface area (Å²) in [6.07, 6.45) is 3.99. The Kier molecular flexibility index (Phi) is 4.51. The fourth-order valence-electron chi connectivity index (χ4n) is 2.62. The summed E-state index contributed by atoms with van der Waals surface area (Å²) < 4.78 is 5.58. The number of rotatable bonds is 5. The van der Waals surface area contributed by atoms with Crippen molar-refractivity contribution >= 4 is 22.9 Å². The van der Waals surface area contributed by atoms with Crippen LogP contribution in [0, 0.1) is 19.8 Å². The highest BCUT2D eigenvalue weighted by Crippen LogP contribution is 2.41. The van der Waals surface area contributed by atoms with E-state index in [4.69, 9.17) is 16.3 Å². The van der Waals surface area contributed by atoms with Gasteiger partial charge in [0.15, 0.2) is 0 Å². The monoisotopic (exact) mass is 272 g/mol. The van der Waals surface area contributed by atoms with Crippen LogP contribution in [-0.2, 0) is 4.74 Å². The molecule has 17 heavy (non-hydrogen) atoms. The van der Waals surface area contributed by atoms with Crippen LogP contribution in [0.15, 0.2) is 6.07 Å². The molecule has 1 nitrogen and oxygen atoms in total. The minimum absolute atomic E-state index is 0.188. The third-order valence-electron chi connectivity index (χ3n) is 3.55. The second-order valence-corrected chi connectivity index (χ2v) is 6.97. The normalized spacial score (nSPS) is 25.6. The maximum atomic E-state index is 6.52. The van der Waals surface area contributed by atoms with Crippen molar-refractivity contribution in [2.75, 3.05) is 6.61 Å². The van der Waals surface area contributed by atoms with Crippen LogP contribution in [0.25, 0.3) is 0 Å². The fraction of sp³-hybridized carbons (Fsp3) is 0.714. The van der Waals surface area contributed by atoms with Gasteiger partial charge in [-0.05, 0) is 57.6 Å². The minimum Gasteiger partial charge on any atom is -0.378 e. The van der Waals surface area contributed by atoms with Crippen LogP contribution in [0.4, 0.5) is 0 Å². The van der Waals surface area contributed by atoms with Crippen LogP contribution >= 0.6 is 22.9 Å². The summed E-state index contributed by atoms with van der Waals surface area (Å²) in [7, 11) is 0. The van der Waals surface area contributed by atoms with E-state index in [0.29, 0.717) is 6.10 Å². The summed E-state index contributed by atoms with van der Waals surface area (Å²) in [6.45, 7) is 7.23. The molecular weight excluding hydrogens is 252 g/mol. The molecule has 0 aliphatic heterocycles. The van der Waals surface area contributed by atoms with Crippen molar-refractivity contribution in [2.24, 2.45) is 5.92 Å². The standard InChI is InChI=1S/C14H21ClOS/c1-4-16-12-6-11(7-12)8-14(15)13-5-9(2)17-10(13)3/h5,11-12,14H,4,6-8H2,1-3H3. The van der Waals surface area contributed by atoms with Gasteiger partial charge < -0.3 is 4.74 Å². The quantitative estimate of drug-likeness (QED) is 0.696. The van der Waals surface area contributed by atoms with Gasteiger partial charge in [0.25, 0.3) is 0 Å². The number of hydrogen-bond acceptors (Lipinski definition) is 2. The predicted molar refractivity (Wildman–Crippen MR) is 75.1 cm³/mol. The molecule has 1 atom stereocenters. The first kappa shape index (κ1) is 13.4. The van der Waals surface area contributed by atoms with Gasteiger partial charge in [-0.3, -0.25) is 0 Å². The maximum absolute atomic E-state index is 6.52. The minimum atomic E-state index is 0.188. The van der Waals surface area contributed by atoms with Gasteiger partial charge in [-0.2, -0.15) is 0 Å². The van der Waals surface area contributed by atoms with Crippen molar-refractivity contribution in [1.29, 1.82) is 0 Å². The predicted octanol–water partition coefficient (Wildman–Crippen LogP) is 4.85. The summed E-state index contributed by atoms with van der Waals surface area (Å²) in [4.78, 5) is 2.74. The second kappa shape index (κ2) is 5.73. The van der Waals surface area contributed by atoms with E-state index in [0.717, 1.165) is 18.9 Å². The van der Waals surface area contributed by atoms with Gasteiger partial charge in [0.2, 0.25) is 0 Å². The lowest BCUT2D eigenvalue weighted by Gasteiger charge is -2.36. The third kappa shape index (κ3) is 3.24. The number of halogens is 1. The number of alkyl halides is 1. The number of thiophene rings is 1. The van der Waals surface area contributed by atoms with E-state index in [-0.39, 0.29) is 5.38 Å². The van der Waals surface area contributed by atoms with Gasteiger partial charge in [-0.1, -0.05) is 0 Å². The average molecular weight is 273 g/mol. The van der Waals surface area contributed by atoms with Crippen LogP contribution in [0.5, 0.6) is 0 Å². The highest BCUT2D eigenvalue weighted by atomic mass is 35.5. The molecule has 0 spiro atoms. The summed E-state index contributed by atoms with van der Waals surface area (Å²) in [6, 6.07) is 2.25. The Balaban J connectivity index is 1.82. The molecule has 96 valence electrons. The van der Waals surface area contributed by atoms with Crippen molar-refractivity contribution in [2.45, 2.75) is 51.5 Å². The molecule has 1 aromatic heterocycles. The lowest BCUT2D eigenvalue weighted by atomic mass is 9.78. The highest BCUT2D eigenvalue weighted by Gasteiger charge is 2.31. The van der Waals surface area contributed by atoms with Crippen LogP contribution in [0.1, 0.15) is 46.9 Å². The first-order valence-corrected chi connectivity index (χ1v) is 7.68. The Labute approximate surface area is 113 Å². The van der Waals surface area contributed by atoms with E-state index in [1.165, 1.54) is 28.2 Å².